The van der Waals surface area contributed by atoms with Crippen LogP contribution in [0.1, 0.15) is 5.56 Å². The quantitative estimate of drug-likeness (QED) is 0.778. The molecule has 3 aromatic rings. The van der Waals surface area contributed by atoms with Gasteiger partial charge in [0.1, 0.15) is 0 Å². The minimum atomic E-state index is -3.51. The maximum atomic E-state index is 12.1. The Labute approximate surface area is 128 Å². The van der Waals surface area contributed by atoms with E-state index in [9.17, 15) is 8.42 Å². The number of hydrogen-bond acceptors (Lipinski definition) is 4. The van der Waals surface area contributed by atoms with Crippen LogP contribution in [0.4, 0.5) is 0 Å². The van der Waals surface area contributed by atoms with E-state index in [0.29, 0.717) is 5.82 Å². The Kier molecular flexibility index (Phi) is 3.99. The molecule has 0 fully saturated rings. The molecule has 1 N–H and O–H groups in total. The Hall–Kier alpha value is -2.51. The maximum absolute atomic E-state index is 12.1. The van der Waals surface area contributed by atoms with Crippen LogP contribution in [0.5, 0.6) is 0 Å². The third kappa shape index (κ3) is 3.21. The molecule has 0 spiro atoms. The molecule has 0 saturated carbocycles. The van der Waals surface area contributed by atoms with Crippen LogP contribution in [-0.2, 0) is 16.6 Å². The van der Waals surface area contributed by atoms with Crippen LogP contribution in [0.2, 0.25) is 0 Å². The van der Waals surface area contributed by atoms with E-state index in [2.05, 4.69) is 14.8 Å². The third-order valence-electron chi connectivity index (χ3n) is 3.07. The zero-order chi connectivity index (χ0) is 15.4. The standard InChI is InChI=1S/C15H14N4O2S/c20-22(21,14-5-2-1-3-6-14)18-12-13-7-8-15(16-11-13)19-10-4-9-17-19/h1-11,18H,12H2. The van der Waals surface area contributed by atoms with Crippen LogP contribution in [0, 0.1) is 0 Å². The highest BCUT2D eigenvalue weighted by atomic mass is 32.2. The summed E-state index contributed by atoms with van der Waals surface area (Å²) in [6.45, 7) is 0.184. The van der Waals surface area contributed by atoms with Gasteiger partial charge in [-0.3, -0.25) is 0 Å². The summed E-state index contributed by atoms with van der Waals surface area (Å²) in [4.78, 5) is 4.51. The second-order valence-corrected chi connectivity index (χ2v) is 6.38. The number of aromatic nitrogens is 3. The van der Waals surface area contributed by atoms with Crippen LogP contribution in [0.15, 0.2) is 72.0 Å². The molecule has 0 aliphatic heterocycles. The van der Waals surface area contributed by atoms with Crippen molar-refractivity contribution in [1.82, 2.24) is 19.5 Å². The summed E-state index contributed by atoms with van der Waals surface area (Å²) < 4.78 is 28.4. The van der Waals surface area contributed by atoms with Crippen molar-refractivity contribution in [3.05, 3.63) is 72.7 Å². The lowest BCUT2D eigenvalue weighted by Crippen LogP contribution is -2.23. The molecule has 0 unspecified atom stereocenters. The lowest BCUT2D eigenvalue weighted by Gasteiger charge is -2.07. The van der Waals surface area contributed by atoms with Crippen molar-refractivity contribution in [3.8, 4) is 5.82 Å². The minimum absolute atomic E-state index is 0.184. The summed E-state index contributed by atoms with van der Waals surface area (Å²) >= 11 is 0. The normalized spacial score (nSPS) is 11.5. The Balaban J connectivity index is 1.69. The monoisotopic (exact) mass is 314 g/mol. The number of hydrogen-bond donors (Lipinski definition) is 1. The van der Waals surface area contributed by atoms with Crippen LogP contribution in [-0.4, -0.2) is 23.2 Å². The van der Waals surface area contributed by atoms with Gasteiger partial charge in [-0.1, -0.05) is 24.3 Å². The summed E-state index contributed by atoms with van der Waals surface area (Å²) in [5.41, 5.74) is 0.774. The number of rotatable bonds is 5. The number of nitrogens with zero attached hydrogens (tertiary/aromatic N) is 3. The van der Waals surface area contributed by atoms with Crippen LogP contribution >= 0.6 is 0 Å². The Bertz CT molecular complexity index is 829. The van der Waals surface area contributed by atoms with E-state index in [4.69, 9.17) is 0 Å². The van der Waals surface area contributed by atoms with E-state index >= 15 is 0 Å². The van der Waals surface area contributed by atoms with Crippen molar-refractivity contribution < 1.29 is 8.42 Å². The van der Waals surface area contributed by atoms with Gasteiger partial charge in [-0.25, -0.2) is 22.8 Å². The largest absolute Gasteiger partial charge is 0.240 e. The third-order valence-corrected chi connectivity index (χ3v) is 4.49. The molecule has 0 radical (unpaired) electrons. The molecule has 2 heterocycles. The van der Waals surface area contributed by atoms with Gasteiger partial charge in [0, 0.05) is 25.1 Å². The van der Waals surface area contributed by atoms with Gasteiger partial charge in [0.2, 0.25) is 10.0 Å². The van der Waals surface area contributed by atoms with Crippen LogP contribution < -0.4 is 4.72 Å². The molecule has 0 aliphatic rings. The smallest absolute Gasteiger partial charge is 0.237 e. The molecule has 0 atom stereocenters. The van der Waals surface area contributed by atoms with Gasteiger partial charge in [0.15, 0.2) is 5.82 Å². The van der Waals surface area contributed by atoms with Gasteiger partial charge in [0.25, 0.3) is 0 Å². The van der Waals surface area contributed by atoms with Crippen LogP contribution in [0.25, 0.3) is 5.82 Å². The molecule has 6 nitrogen and oxygen atoms in total. The predicted molar refractivity (Wildman–Crippen MR) is 81.8 cm³/mol. The zero-order valence-electron chi connectivity index (χ0n) is 11.6. The van der Waals surface area contributed by atoms with Crippen molar-refractivity contribution in [2.24, 2.45) is 0 Å². The highest BCUT2D eigenvalue weighted by Gasteiger charge is 2.12. The van der Waals surface area contributed by atoms with Crippen molar-refractivity contribution in [2.75, 3.05) is 0 Å². The topological polar surface area (TPSA) is 76.9 Å². The van der Waals surface area contributed by atoms with Gasteiger partial charge in [-0.05, 0) is 29.8 Å². The summed E-state index contributed by atoms with van der Waals surface area (Å²) in [6.07, 6.45) is 5.09. The number of benzene rings is 1. The highest BCUT2D eigenvalue weighted by Crippen LogP contribution is 2.09. The first-order valence-electron chi connectivity index (χ1n) is 6.65. The predicted octanol–water partition coefficient (Wildman–Crippen LogP) is 1.75. The first kappa shape index (κ1) is 14.4. The minimum Gasteiger partial charge on any atom is -0.237 e. The summed E-state index contributed by atoms with van der Waals surface area (Å²) in [7, 11) is -3.51. The van der Waals surface area contributed by atoms with Crippen molar-refractivity contribution in [1.29, 1.82) is 0 Å². The fraction of sp³-hybridized carbons (Fsp3) is 0.0667. The first-order valence-corrected chi connectivity index (χ1v) is 8.13. The van der Waals surface area contributed by atoms with E-state index in [0.717, 1.165) is 5.56 Å². The second-order valence-electron chi connectivity index (χ2n) is 4.61. The molecule has 1 aromatic carbocycles. The average Bonchev–Trinajstić information content (AvgIpc) is 3.09. The molecule has 3 rings (SSSR count). The number of sulfonamides is 1. The number of nitrogens with one attached hydrogen (secondary N) is 1. The van der Waals surface area contributed by atoms with E-state index in [-0.39, 0.29) is 11.4 Å². The molecule has 0 amide bonds. The number of pyridine rings is 1. The summed E-state index contributed by atoms with van der Waals surface area (Å²) in [5, 5.41) is 4.08. The van der Waals surface area contributed by atoms with Gasteiger partial charge >= 0.3 is 0 Å². The van der Waals surface area contributed by atoms with Crippen LogP contribution in [0.3, 0.4) is 0 Å². The first-order chi connectivity index (χ1) is 10.6. The van der Waals surface area contributed by atoms with E-state index in [1.54, 1.807) is 59.7 Å². The fourth-order valence-corrected chi connectivity index (χ4v) is 2.96. The molecule has 0 bridgehead atoms. The Morgan fingerprint density at radius 3 is 2.50 bits per heavy atom. The molecular weight excluding hydrogens is 300 g/mol. The SMILES string of the molecule is O=S(=O)(NCc1ccc(-n2cccn2)nc1)c1ccccc1. The molecule has 112 valence electrons. The zero-order valence-corrected chi connectivity index (χ0v) is 12.4. The molecular formula is C15H14N4O2S. The lowest BCUT2D eigenvalue weighted by atomic mass is 10.3. The van der Waals surface area contributed by atoms with Crippen molar-refractivity contribution in [2.45, 2.75) is 11.4 Å². The molecule has 0 saturated heterocycles. The molecule has 0 aliphatic carbocycles. The van der Waals surface area contributed by atoms with Crippen molar-refractivity contribution in [3.63, 3.8) is 0 Å². The van der Waals surface area contributed by atoms with E-state index < -0.39 is 10.0 Å². The Morgan fingerprint density at radius 1 is 1.05 bits per heavy atom. The summed E-state index contributed by atoms with van der Waals surface area (Å²) in [5.74, 6) is 0.680. The molecule has 7 heteroatoms. The summed E-state index contributed by atoms with van der Waals surface area (Å²) in [6, 6.07) is 13.7. The Morgan fingerprint density at radius 2 is 1.86 bits per heavy atom. The molecule has 22 heavy (non-hydrogen) atoms. The highest BCUT2D eigenvalue weighted by molar-refractivity contribution is 7.89. The van der Waals surface area contributed by atoms with E-state index in [1.807, 2.05) is 12.1 Å². The fourth-order valence-electron chi connectivity index (χ4n) is 1.92. The van der Waals surface area contributed by atoms with Crippen molar-refractivity contribution >= 4 is 10.0 Å². The van der Waals surface area contributed by atoms with Gasteiger partial charge in [-0.2, -0.15) is 5.10 Å². The average molecular weight is 314 g/mol. The lowest BCUT2D eigenvalue weighted by molar-refractivity contribution is 0.581. The van der Waals surface area contributed by atoms with Gasteiger partial charge in [-0.15, -0.1) is 0 Å². The second kappa shape index (κ2) is 6.08. The molecule has 2 aromatic heterocycles. The van der Waals surface area contributed by atoms with Gasteiger partial charge < -0.3 is 0 Å². The van der Waals surface area contributed by atoms with Gasteiger partial charge in [0.05, 0.1) is 4.90 Å². The van der Waals surface area contributed by atoms with E-state index in [1.165, 1.54) is 0 Å². The maximum Gasteiger partial charge on any atom is 0.240 e.